The monoisotopic (exact) mass is 414 g/mol. The molecular formula is C22H31ClN6. The van der Waals surface area contributed by atoms with Gasteiger partial charge >= 0.3 is 0 Å². The molecule has 29 heavy (non-hydrogen) atoms. The van der Waals surface area contributed by atoms with E-state index in [0.717, 1.165) is 68.9 Å². The van der Waals surface area contributed by atoms with E-state index in [2.05, 4.69) is 55.1 Å². The highest BCUT2D eigenvalue weighted by Crippen LogP contribution is 2.25. The number of halogens is 1. The number of piperazine rings is 1. The zero-order valence-electron chi connectivity index (χ0n) is 17.2. The Balaban J connectivity index is 1.14. The molecule has 0 atom stereocenters. The predicted molar refractivity (Wildman–Crippen MR) is 120 cm³/mol. The van der Waals surface area contributed by atoms with Gasteiger partial charge in [0.2, 0.25) is 5.95 Å². The highest BCUT2D eigenvalue weighted by atomic mass is 35.5. The number of benzene rings is 1. The zero-order chi connectivity index (χ0) is 20.1. The van der Waals surface area contributed by atoms with Crippen molar-refractivity contribution in [3.05, 3.63) is 47.2 Å². The molecule has 0 spiro atoms. The molecule has 1 aromatic carbocycles. The van der Waals surface area contributed by atoms with Gasteiger partial charge in [-0.05, 0) is 43.5 Å². The van der Waals surface area contributed by atoms with Crippen molar-refractivity contribution in [2.45, 2.75) is 25.8 Å². The van der Waals surface area contributed by atoms with Gasteiger partial charge in [-0.15, -0.1) is 0 Å². The first-order chi connectivity index (χ1) is 14.2. The number of nitrogens with zero attached hydrogens (tertiary/aromatic N) is 5. The molecule has 0 bridgehead atoms. The number of anilines is 2. The quantitative estimate of drug-likeness (QED) is 0.784. The van der Waals surface area contributed by atoms with Crippen molar-refractivity contribution in [3.63, 3.8) is 0 Å². The smallest absolute Gasteiger partial charge is 0.225 e. The lowest BCUT2D eigenvalue weighted by atomic mass is 10.0. The van der Waals surface area contributed by atoms with Crippen LogP contribution in [-0.2, 0) is 0 Å². The Hall–Kier alpha value is -1.89. The van der Waals surface area contributed by atoms with Gasteiger partial charge in [0.15, 0.2) is 0 Å². The Morgan fingerprint density at radius 1 is 1.00 bits per heavy atom. The van der Waals surface area contributed by atoms with Gasteiger partial charge in [0.1, 0.15) is 0 Å². The summed E-state index contributed by atoms with van der Waals surface area (Å²) < 4.78 is 0. The Kier molecular flexibility index (Phi) is 6.85. The van der Waals surface area contributed by atoms with Crippen molar-refractivity contribution in [3.8, 4) is 0 Å². The molecule has 1 N–H and O–H groups in total. The summed E-state index contributed by atoms with van der Waals surface area (Å²) in [5.41, 5.74) is 2.39. The van der Waals surface area contributed by atoms with Crippen molar-refractivity contribution in [2.75, 3.05) is 62.2 Å². The number of nitrogens with one attached hydrogen (secondary N) is 1. The molecule has 2 aromatic rings. The van der Waals surface area contributed by atoms with Crippen LogP contribution in [0.25, 0.3) is 0 Å². The van der Waals surface area contributed by atoms with Crippen LogP contribution in [-0.4, -0.2) is 73.3 Å². The van der Waals surface area contributed by atoms with Gasteiger partial charge in [-0.2, -0.15) is 0 Å². The molecule has 0 aliphatic carbocycles. The van der Waals surface area contributed by atoms with Crippen molar-refractivity contribution >= 4 is 23.2 Å². The fraction of sp³-hybridized carbons (Fsp3) is 0.545. The van der Waals surface area contributed by atoms with E-state index in [1.165, 1.54) is 18.5 Å². The van der Waals surface area contributed by atoms with E-state index < -0.39 is 0 Å². The van der Waals surface area contributed by atoms with Crippen molar-refractivity contribution < 1.29 is 0 Å². The molecule has 2 aliphatic heterocycles. The molecule has 0 unspecified atom stereocenters. The molecule has 0 radical (unpaired) electrons. The summed E-state index contributed by atoms with van der Waals surface area (Å²) in [6.07, 6.45) is 6.00. The first-order valence-electron chi connectivity index (χ1n) is 10.7. The first kappa shape index (κ1) is 20.4. The maximum Gasteiger partial charge on any atom is 0.225 e. The maximum atomic E-state index is 6.29. The number of rotatable bonds is 6. The predicted octanol–water partition coefficient (Wildman–Crippen LogP) is 2.82. The lowest BCUT2D eigenvalue weighted by Crippen LogP contribution is -2.50. The van der Waals surface area contributed by atoms with Gasteiger partial charge in [0, 0.05) is 81.5 Å². The van der Waals surface area contributed by atoms with Crippen LogP contribution in [0.2, 0.25) is 5.02 Å². The molecule has 3 heterocycles. The number of hydrogen-bond acceptors (Lipinski definition) is 6. The van der Waals surface area contributed by atoms with Crippen LogP contribution in [0.15, 0.2) is 36.7 Å². The second-order valence-corrected chi connectivity index (χ2v) is 8.43. The van der Waals surface area contributed by atoms with Gasteiger partial charge < -0.3 is 15.1 Å². The number of hydrogen-bond donors (Lipinski definition) is 1. The number of aromatic nitrogens is 2. The highest BCUT2D eigenvalue weighted by molar-refractivity contribution is 6.31. The minimum Gasteiger partial charge on any atom is -0.371 e. The van der Waals surface area contributed by atoms with E-state index in [1.807, 2.05) is 18.5 Å². The molecule has 7 heteroatoms. The number of aryl methyl sites for hydroxylation is 1. The first-order valence-corrected chi connectivity index (χ1v) is 11.1. The number of piperidine rings is 1. The lowest BCUT2D eigenvalue weighted by molar-refractivity contribution is 0.249. The summed E-state index contributed by atoms with van der Waals surface area (Å²) in [5.74, 6) is 0.854. The van der Waals surface area contributed by atoms with Crippen LogP contribution in [0, 0.1) is 6.92 Å². The Morgan fingerprint density at radius 3 is 2.41 bits per heavy atom. The minimum absolute atomic E-state index is 0.617. The van der Waals surface area contributed by atoms with Crippen LogP contribution >= 0.6 is 11.6 Å². The van der Waals surface area contributed by atoms with Crippen molar-refractivity contribution in [1.82, 2.24) is 20.2 Å². The van der Waals surface area contributed by atoms with Crippen LogP contribution in [0.3, 0.4) is 0 Å². The third-order valence-corrected chi connectivity index (χ3v) is 6.49. The highest BCUT2D eigenvalue weighted by Gasteiger charge is 2.21. The average molecular weight is 415 g/mol. The Morgan fingerprint density at radius 2 is 1.72 bits per heavy atom. The standard InChI is InChI=1S/C22H31ClN6/c1-18-3-4-20(17-21(18)23)28-10-5-19(6-11-28)24-9-12-27-13-15-29(16-14-27)22-25-7-2-8-26-22/h2-4,7-8,17,19,24H,5-6,9-16H2,1H3. The summed E-state index contributed by atoms with van der Waals surface area (Å²) >= 11 is 6.29. The average Bonchev–Trinajstić information content (AvgIpc) is 2.77. The Labute approximate surface area is 178 Å². The summed E-state index contributed by atoms with van der Waals surface area (Å²) in [4.78, 5) is 16.0. The van der Waals surface area contributed by atoms with Gasteiger partial charge in [-0.25, -0.2) is 9.97 Å². The molecular weight excluding hydrogens is 384 g/mol. The molecule has 1 aromatic heterocycles. The lowest BCUT2D eigenvalue weighted by Gasteiger charge is -2.36. The normalized spacial score (nSPS) is 19.0. The summed E-state index contributed by atoms with van der Waals surface area (Å²) in [6.45, 7) is 10.6. The van der Waals surface area contributed by atoms with Gasteiger partial charge in [-0.3, -0.25) is 4.90 Å². The third-order valence-electron chi connectivity index (χ3n) is 6.08. The SMILES string of the molecule is Cc1ccc(N2CCC(NCCN3CCN(c4ncccn4)CC3)CC2)cc1Cl. The molecule has 0 saturated carbocycles. The van der Waals surface area contributed by atoms with Crippen LogP contribution in [0.4, 0.5) is 11.6 Å². The van der Waals surface area contributed by atoms with E-state index in [-0.39, 0.29) is 0 Å². The van der Waals surface area contributed by atoms with Crippen molar-refractivity contribution in [1.29, 1.82) is 0 Å². The molecule has 2 aliphatic rings. The molecule has 6 nitrogen and oxygen atoms in total. The second kappa shape index (κ2) is 9.74. The molecule has 2 saturated heterocycles. The summed E-state index contributed by atoms with van der Waals surface area (Å²) in [5, 5.41) is 4.63. The third kappa shape index (κ3) is 5.38. The van der Waals surface area contributed by atoms with Gasteiger partial charge in [0.05, 0.1) is 0 Å². The largest absolute Gasteiger partial charge is 0.371 e. The van der Waals surface area contributed by atoms with Crippen LogP contribution in [0.1, 0.15) is 18.4 Å². The van der Waals surface area contributed by atoms with Gasteiger partial charge in [-0.1, -0.05) is 17.7 Å². The van der Waals surface area contributed by atoms with E-state index in [9.17, 15) is 0 Å². The minimum atomic E-state index is 0.617. The Bertz CT molecular complexity index is 770. The molecule has 156 valence electrons. The van der Waals surface area contributed by atoms with E-state index >= 15 is 0 Å². The molecule has 0 amide bonds. The van der Waals surface area contributed by atoms with Crippen molar-refractivity contribution in [2.24, 2.45) is 0 Å². The topological polar surface area (TPSA) is 47.5 Å². The van der Waals surface area contributed by atoms with Gasteiger partial charge in [0.25, 0.3) is 0 Å². The van der Waals surface area contributed by atoms with E-state index in [4.69, 9.17) is 11.6 Å². The van der Waals surface area contributed by atoms with E-state index in [1.54, 1.807) is 0 Å². The summed E-state index contributed by atoms with van der Waals surface area (Å²) in [6, 6.07) is 8.89. The van der Waals surface area contributed by atoms with Crippen LogP contribution < -0.4 is 15.1 Å². The maximum absolute atomic E-state index is 6.29. The fourth-order valence-electron chi connectivity index (χ4n) is 4.17. The molecule has 2 fully saturated rings. The van der Waals surface area contributed by atoms with E-state index in [0.29, 0.717) is 6.04 Å². The summed E-state index contributed by atoms with van der Waals surface area (Å²) in [7, 11) is 0. The zero-order valence-corrected chi connectivity index (χ0v) is 18.0. The molecule has 4 rings (SSSR count). The fourth-order valence-corrected chi connectivity index (χ4v) is 4.35. The second-order valence-electron chi connectivity index (χ2n) is 8.03. The van der Waals surface area contributed by atoms with Crippen LogP contribution in [0.5, 0.6) is 0 Å².